The van der Waals surface area contributed by atoms with E-state index in [9.17, 15) is 0 Å². The maximum Gasteiger partial charge on any atom is 0.0351 e. The first-order chi connectivity index (χ1) is 7.20. The summed E-state index contributed by atoms with van der Waals surface area (Å²) in [5, 5.41) is 0. The molecule has 16 heavy (non-hydrogen) atoms. The lowest BCUT2D eigenvalue weighted by atomic mass is 9.71. The Bertz CT molecular complexity index is 272. The Balaban J connectivity index is 0.00000225. The highest BCUT2D eigenvalue weighted by atomic mass is 16.0. The summed E-state index contributed by atoms with van der Waals surface area (Å²) in [6.07, 6.45) is 3.45. The van der Waals surface area contributed by atoms with E-state index in [1.54, 1.807) is 0 Å². The van der Waals surface area contributed by atoms with Crippen molar-refractivity contribution in [1.82, 2.24) is 0 Å². The van der Waals surface area contributed by atoms with Gasteiger partial charge in [-0.25, -0.2) is 0 Å². The summed E-state index contributed by atoms with van der Waals surface area (Å²) in [5.41, 5.74) is 7.94. The van der Waals surface area contributed by atoms with E-state index < -0.39 is 0 Å². The number of nitrogens with two attached hydrogens (primary N) is 1. The third kappa shape index (κ3) is 2.83. The highest BCUT2D eigenvalue weighted by Gasteiger charge is 2.32. The SMILES string of the molecule is CCC(CC)(CC)C(N)c1ccccc1.O. The quantitative estimate of drug-likeness (QED) is 0.819. The van der Waals surface area contributed by atoms with Crippen LogP contribution >= 0.6 is 0 Å². The third-order valence-electron chi connectivity index (χ3n) is 3.93. The Labute approximate surface area is 99.2 Å². The summed E-state index contributed by atoms with van der Waals surface area (Å²) in [5.74, 6) is 0. The molecule has 0 bridgehead atoms. The van der Waals surface area contributed by atoms with Crippen molar-refractivity contribution in [3.8, 4) is 0 Å². The Hall–Kier alpha value is -0.860. The number of benzene rings is 1. The van der Waals surface area contributed by atoms with Gasteiger partial charge in [0.1, 0.15) is 0 Å². The molecule has 0 aliphatic carbocycles. The van der Waals surface area contributed by atoms with Gasteiger partial charge in [0, 0.05) is 6.04 Å². The van der Waals surface area contributed by atoms with E-state index in [1.807, 2.05) is 6.07 Å². The molecule has 4 N–H and O–H groups in total. The summed E-state index contributed by atoms with van der Waals surface area (Å²) in [4.78, 5) is 0. The molecule has 0 fully saturated rings. The van der Waals surface area contributed by atoms with Gasteiger partial charge in [-0.1, -0.05) is 51.1 Å². The molecule has 1 aromatic rings. The Morgan fingerprint density at radius 1 is 1.00 bits per heavy atom. The van der Waals surface area contributed by atoms with Gasteiger partial charge in [0.15, 0.2) is 0 Å². The van der Waals surface area contributed by atoms with E-state index in [2.05, 4.69) is 45.0 Å². The van der Waals surface area contributed by atoms with Gasteiger partial charge in [-0.05, 0) is 30.2 Å². The Morgan fingerprint density at radius 2 is 1.44 bits per heavy atom. The zero-order valence-electron chi connectivity index (χ0n) is 10.7. The van der Waals surface area contributed by atoms with Crippen molar-refractivity contribution in [3.05, 3.63) is 35.9 Å². The Morgan fingerprint density at radius 3 is 1.81 bits per heavy atom. The molecule has 0 radical (unpaired) electrons. The summed E-state index contributed by atoms with van der Waals surface area (Å²) >= 11 is 0. The van der Waals surface area contributed by atoms with Gasteiger partial charge in [0.05, 0.1) is 0 Å². The monoisotopic (exact) mass is 223 g/mol. The highest BCUT2D eigenvalue weighted by molar-refractivity contribution is 5.20. The molecule has 1 rings (SSSR count). The molecule has 1 aromatic carbocycles. The maximum atomic E-state index is 6.41. The second kappa shape index (κ2) is 6.66. The van der Waals surface area contributed by atoms with E-state index in [1.165, 1.54) is 5.56 Å². The average molecular weight is 223 g/mol. The van der Waals surface area contributed by atoms with Crippen LogP contribution in [0.25, 0.3) is 0 Å². The van der Waals surface area contributed by atoms with Crippen molar-refractivity contribution < 1.29 is 5.48 Å². The summed E-state index contributed by atoms with van der Waals surface area (Å²) in [6, 6.07) is 10.6. The van der Waals surface area contributed by atoms with Gasteiger partial charge in [-0.3, -0.25) is 0 Å². The van der Waals surface area contributed by atoms with Crippen LogP contribution < -0.4 is 5.73 Å². The molecule has 0 aromatic heterocycles. The third-order valence-corrected chi connectivity index (χ3v) is 3.93. The fourth-order valence-corrected chi connectivity index (χ4v) is 2.42. The molecular weight excluding hydrogens is 198 g/mol. The first kappa shape index (κ1) is 15.1. The van der Waals surface area contributed by atoms with Crippen LogP contribution in [-0.4, -0.2) is 5.48 Å². The van der Waals surface area contributed by atoms with Gasteiger partial charge >= 0.3 is 0 Å². The minimum atomic E-state index is 0. The number of rotatable bonds is 5. The fourth-order valence-electron chi connectivity index (χ4n) is 2.42. The second-order valence-corrected chi connectivity index (χ2v) is 4.31. The van der Waals surface area contributed by atoms with Crippen LogP contribution in [0.3, 0.4) is 0 Å². The van der Waals surface area contributed by atoms with Crippen LogP contribution in [0.2, 0.25) is 0 Å². The minimum absolute atomic E-state index is 0. The van der Waals surface area contributed by atoms with Crippen molar-refractivity contribution >= 4 is 0 Å². The smallest absolute Gasteiger partial charge is 0.0351 e. The van der Waals surface area contributed by atoms with Crippen LogP contribution in [-0.2, 0) is 0 Å². The van der Waals surface area contributed by atoms with Crippen molar-refractivity contribution in [3.63, 3.8) is 0 Å². The predicted molar refractivity (Wildman–Crippen MR) is 70.3 cm³/mol. The molecule has 0 aliphatic rings. The molecule has 0 amide bonds. The number of hydrogen-bond donors (Lipinski definition) is 1. The van der Waals surface area contributed by atoms with Crippen LogP contribution in [0.5, 0.6) is 0 Å². The van der Waals surface area contributed by atoms with Crippen molar-refractivity contribution in [2.45, 2.75) is 46.1 Å². The van der Waals surface area contributed by atoms with E-state index in [0.29, 0.717) is 0 Å². The lowest BCUT2D eigenvalue weighted by Gasteiger charge is -2.37. The lowest BCUT2D eigenvalue weighted by molar-refractivity contribution is 0.194. The fraction of sp³-hybridized carbons (Fsp3) is 0.571. The zero-order valence-corrected chi connectivity index (χ0v) is 10.7. The summed E-state index contributed by atoms with van der Waals surface area (Å²) in [6.45, 7) is 6.74. The largest absolute Gasteiger partial charge is 0.412 e. The molecule has 2 nitrogen and oxygen atoms in total. The van der Waals surface area contributed by atoms with Gasteiger partial charge in [0.2, 0.25) is 0 Å². The van der Waals surface area contributed by atoms with Crippen molar-refractivity contribution in [2.75, 3.05) is 0 Å². The molecule has 0 heterocycles. The van der Waals surface area contributed by atoms with Gasteiger partial charge in [0.25, 0.3) is 0 Å². The lowest BCUT2D eigenvalue weighted by Crippen LogP contribution is -2.33. The zero-order chi connectivity index (χ0) is 11.3. The number of hydrogen-bond acceptors (Lipinski definition) is 1. The summed E-state index contributed by atoms with van der Waals surface area (Å²) in [7, 11) is 0. The summed E-state index contributed by atoms with van der Waals surface area (Å²) < 4.78 is 0. The maximum absolute atomic E-state index is 6.41. The van der Waals surface area contributed by atoms with Crippen LogP contribution in [0.1, 0.15) is 51.6 Å². The molecule has 1 atom stereocenters. The van der Waals surface area contributed by atoms with E-state index >= 15 is 0 Å². The normalized spacial score (nSPS) is 13.0. The van der Waals surface area contributed by atoms with Crippen LogP contribution in [0.15, 0.2) is 30.3 Å². The highest BCUT2D eigenvalue weighted by Crippen LogP contribution is 2.41. The minimum Gasteiger partial charge on any atom is -0.412 e. The second-order valence-electron chi connectivity index (χ2n) is 4.31. The standard InChI is InChI=1S/C14H23N.H2O/c1-4-14(5-2,6-3)13(15)12-10-8-7-9-11-12;/h7-11,13H,4-6,15H2,1-3H3;1H2. The first-order valence-corrected chi connectivity index (χ1v) is 6.00. The van der Waals surface area contributed by atoms with Gasteiger partial charge in [-0.15, -0.1) is 0 Å². The molecular formula is C14H25NO. The average Bonchev–Trinajstić information content (AvgIpc) is 2.33. The first-order valence-electron chi connectivity index (χ1n) is 6.00. The Kier molecular flexibility index (Phi) is 6.31. The molecule has 0 saturated carbocycles. The van der Waals surface area contributed by atoms with E-state index in [0.717, 1.165) is 19.3 Å². The molecule has 0 saturated heterocycles. The topological polar surface area (TPSA) is 57.5 Å². The van der Waals surface area contributed by atoms with Crippen molar-refractivity contribution in [2.24, 2.45) is 11.1 Å². The van der Waals surface area contributed by atoms with E-state index in [-0.39, 0.29) is 16.9 Å². The molecule has 2 heteroatoms. The van der Waals surface area contributed by atoms with Gasteiger partial charge < -0.3 is 11.2 Å². The van der Waals surface area contributed by atoms with Crippen LogP contribution in [0.4, 0.5) is 0 Å². The van der Waals surface area contributed by atoms with Gasteiger partial charge in [-0.2, -0.15) is 0 Å². The van der Waals surface area contributed by atoms with E-state index in [4.69, 9.17) is 5.73 Å². The van der Waals surface area contributed by atoms with Crippen molar-refractivity contribution in [1.29, 1.82) is 0 Å². The molecule has 92 valence electrons. The molecule has 1 unspecified atom stereocenters. The van der Waals surface area contributed by atoms with Crippen LogP contribution in [0, 0.1) is 5.41 Å². The molecule has 0 spiro atoms. The predicted octanol–water partition coefficient (Wildman–Crippen LogP) is 3.08. The molecule has 0 aliphatic heterocycles.